The summed E-state index contributed by atoms with van der Waals surface area (Å²) >= 11 is 0. The van der Waals surface area contributed by atoms with Gasteiger partial charge in [0.05, 0.1) is 38.2 Å². The molecule has 0 spiro atoms. The van der Waals surface area contributed by atoms with Crippen molar-refractivity contribution in [3.05, 3.63) is 84.2 Å². The summed E-state index contributed by atoms with van der Waals surface area (Å²) in [7, 11) is 3.27. The summed E-state index contributed by atoms with van der Waals surface area (Å²) in [6.45, 7) is 1.75. The number of hydrogen-bond donors (Lipinski definition) is 1. The minimum absolute atomic E-state index is 0.00822. The number of carbonyl (C=O) groups excluding carboxylic acids is 1. The van der Waals surface area contributed by atoms with Crippen molar-refractivity contribution in [1.29, 1.82) is 0 Å². The van der Waals surface area contributed by atoms with Crippen LogP contribution < -0.4 is 19.5 Å². The lowest BCUT2D eigenvalue weighted by Crippen LogP contribution is -2.26. The average Bonchev–Trinajstić information content (AvgIpc) is 3.24. The molecular formula is C28H31N3O4. The second-order valence-electron chi connectivity index (χ2n) is 8.15. The van der Waals surface area contributed by atoms with E-state index >= 15 is 0 Å². The van der Waals surface area contributed by atoms with Gasteiger partial charge in [0.15, 0.2) is 11.5 Å². The number of benzene rings is 3. The number of rotatable bonds is 12. The number of nitrogens with zero attached hydrogens (tertiary/aromatic N) is 2. The van der Waals surface area contributed by atoms with Crippen LogP contribution in [0.2, 0.25) is 0 Å². The molecule has 1 heterocycles. The molecule has 0 saturated carbocycles. The molecule has 35 heavy (non-hydrogen) atoms. The molecule has 0 fully saturated rings. The van der Waals surface area contributed by atoms with E-state index in [4.69, 9.17) is 19.2 Å². The number of methoxy groups -OCH3 is 2. The Morgan fingerprint density at radius 1 is 0.914 bits per heavy atom. The van der Waals surface area contributed by atoms with Gasteiger partial charge in [-0.15, -0.1) is 0 Å². The third-order valence-electron chi connectivity index (χ3n) is 5.80. The highest BCUT2D eigenvalue weighted by Crippen LogP contribution is 2.26. The first-order valence-electron chi connectivity index (χ1n) is 11.8. The van der Waals surface area contributed by atoms with Crippen LogP contribution in [0.25, 0.3) is 11.0 Å². The van der Waals surface area contributed by atoms with Crippen LogP contribution in [0.1, 0.15) is 17.8 Å². The molecule has 4 rings (SSSR count). The van der Waals surface area contributed by atoms with Gasteiger partial charge in [-0.1, -0.05) is 36.4 Å². The number of carbonyl (C=O) groups is 1. The summed E-state index contributed by atoms with van der Waals surface area (Å²) in [5.41, 5.74) is 3.00. The number of nitrogens with one attached hydrogen (secondary N) is 1. The lowest BCUT2D eigenvalue weighted by Gasteiger charge is -2.13. The minimum atomic E-state index is 0.00822. The smallest absolute Gasteiger partial charge is 0.224 e. The van der Waals surface area contributed by atoms with Crippen LogP contribution in [0, 0.1) is 0 Å². The van der Waals surface area contributed by atoms with Crippen molar-refractivity contribution in [2.45, 2.75) is 25.8 Å². The summed E-state index contributed by atoms with van der Waals surface area (Å²) in [5, 5.41) is 3.01. The standard InChI is InChI=1S/C28H31N3O4/c1-33-22-15-13-21(14-16-22)20-28(32)29-17-7-12-27-30-23-8-3-4-9-24(23)31(27)18-19-35-26-11-6-5-10-25(26)34-2/h3-6,8-11,13-16H,7,12,17-20H2,1-2H3,(H,29,32). The van der Waals surface area contributed by atoms with Gasteiger partial charge in [-0.25, -0.2) is 4.98 Å². The predicted molar refractivity (Wildman–Crippen MR) is 136 cm³/mol. The predicted octanol–water partition coefficient (Wildman–Crippen LogP) is 4.42. The zero-order valence-electron chi connectivity index (χ0n) is 20.2. The van der Waals surface area contributed by atoms with E-state index in [1.165, 1.54) is 0 Å². The maximum absolute atomic E-state index is 12.3. The van der Waals surface area contributed by atoms with Crippen LogP contribution in [0.4, 0.5) is 0 Å². The Morgan fingerprint density at radius 3 is 2.43 bits per heavy atom. The van der Waals surface area contributed by atoms with Crippen molar-refractivity contribution in [3.63, 3.8) is 0 Å². The zero-order chi connectivity index (χ0) is 24.5. The molecule has 1 N–H and O–H groups in total. The van der Waals surface area contributed by atoms with Crippen molar-refractivity contribution < 1.29 is 19.0 Å². The number of ether oxygens (including phenoxy) is 3. The van der Waals surface area contributed by atoms with E-state index in [1.807, 2.05) is 66.7 Å². The molecule has 0 aliphatic rings. The van der Waals surface area contributed by atoms with Gasteiger partial charge in [0.2, 0.25) is 5.91 Å². The van der Waals surface area contributed by atoms with Crippen LogP contribution >= 0.6 is 0 Å². The van der Waals surface area contributed by atoms with Crippen LogP contribution in [-0.4, -0.2) is 42.8 Å². The lowest BCUT2D eigenvalue weighted by molar-refractivity contribution is -0.120. The van der Waals surface area contributed by atoms with Crippen molar-refractivity contribution in [2.24, 2.45) is 0 Å². The number of amides is 1. The topological polar surface area (TPSA) is 74.6 Å². The highest BCUT2D eigenvalue weighted by atomic mass is 16.5. The van der Waals surface area contributed by atoms with Crippen LogP contribution in [0.5, 0.6) is 17.2 Å². The molecular weight excluding hydrogens is 442 g/mol. The van der Waals surface area contributed by atoms with Gasteiger partial charge in [0.25, 0.3) is 0 Å². The average molecular weight is 474 g/mol. The molecule has 1 amide bonds. The first-order valence-corrected chi connectivity index (χ1v) is 11.8. The van der Waals surface area contributed by atoms with Crippen LogP contribution in [0.3, 0.4) is 0 Å². The molecule has 1 aromatic heterocycles. The third kappa shape index (κ3) is 6.32. The molecule has 7 heteroatoms. The fraction of sp³-hybridized carbons (Fsp3) is 0.286. The summed E-state index contributed by atoms with van der Waals surface area (Å²) < 4.78 is 18.7. The summed E-state index contributed by atoms with van der Waals surface area (Å²) in [5.74, 6) is 3.22. The fourth-order valence-corrected chi connectivity index (χ4v) is 4.02. The summed E-state index contributed by atoms with van der Waals surface area (Å²) in [4.78, 5) is 17.2. The molecule has 0 saturated heterocycles. The first kappa shape index (κ1) is 24.1. The Balaban J connectivity index is 1.32. The normalized spacial score (nSPS) is 10.8. The monoisotopic (exact) mass is 473 g/mol. The molecule has 7 nitrogen and oxygen atoms in total. The van der Waals surface area contributed by atoms with Crippen molar-refractivity contribution in [3.8, 4) is 17.2 Å². The third-order valence-corrected chi connectivity index (χ3v) is 5.80. The van der Waals surface area contributed by atoms with Crippen LogP contribution in [0.15, 0.2) is 72.8 Å². The second-order valence-corrected chi connectivity index (χ2v) is 8.15. The van der Waals surface area contributed by atoms with E-state index in [2.05, 4.69) is 16.0 Å². The van der Waals surface area contributed by atoms with Crippen LogP contribution in [-0.2, 0) is 24.2 Å². The first-order chi connectivity index (χ1) is 17.2. The van der Waals surface area contributed by atoms with E-state index < -0.39 is 0 Å². The van der Waals surface area contributed by atoms with Gasteiger partial charge in [-0.3, -0.25) is 4.79 Å². The van der Waals surface area contributed by atoms with E-state index in [9.17, 15) is 4.79 Å². The van der Waals surface area contributed by atoms with E-state index in [1.54, 1.807) is 14.2 Å². The minimum Gasteiger partial charge on any atom is -0.497 e. The van der Waals surface area contributed by atoms with Gasteiger partial charge in [-0.2, -0.15) is 0 Å². The fourth-order valence-electron chi connectivity index (χ4n) is 4.02. The number of para-hydroxylation sites is 4. The Labute approximate surface area is 205 Å². The van der Waals surface area contributed by atoms with E-state index in [0.29, 0.717) is 31.9 Å². The number of fused-ring (bicyclic) bond motifs is 1. The molecule has 182 valence electrons. The number of hydrogen-bond acceptors (Lipinski definition) is 5. The highest BCUT2D eigenvalue weighted by Gasteiger charge is 2.12. The number of aryl methyl sites for hydroxylation is 1. The zero-order valence-corrected chi connectivity index (χ0v) is 20.2. The van der Waals surface area contributed by atoms with Gasteiger partial charge >= 0.3 is 0 Å². The Bertz CT molecular complexity index is 1250. The largest absolute Gasteiger partial charge is 0.497 e. The van der Waals surface area contributed by atoms with Gasteiger partial charge < -0.3 is 24.1 Å². The maximum atomic E-state index is 12.3. The Kier molecular flexibility index (Phi) is 8.22. The van der Waals surface area contributed by atoms with Crippen molar-refractivity contribution in [2.75, 3.05) is 27.4 Å². The second kappa shape index (κ2) is 11.9. The molecule has 0 radical (unpaired) electrons. The SMILES string of the molecule is COc1ccc(CC(=O)NCCCc2nc3ccccc3n2CCOc2ccccc2OC)cc1. The highest BCUT2D eigenvalue weighted by molar-refractivity contribution is 5.78. The number of aromatic nitrogens is 2. The van der Waals surface area contributed by atoms with Crippen molar-refractivity contribution >= 4 is 16.9 Å². The quantitative estimate of drug-likeness (QED) is 0.308. The van der Waals surface area contributed by atoms with Gasteiger partial charge in [0, 0.05) is 13.0 Å². The molecule has 0 bridgehead atoms. The summed E-state index contributed by atoms with van der Waals surface area (Å²) in [6, 6.07) is 23.3. The van der Waals surface area contributed by atoms with E-state index in [0.717, 1.165) is 46.8 Å². The van der Waals surface area contributed by atoms with Gasteiger partial charge in [0.1, 0.15) is 18.2 Å². The lowest BCUT2D eigenvalue weighted by atomic mass is 10.1. The Hall–Kier alpha value is -4.00. The molecule has 0 aliphatic carbocycles. The number of imidazole rings is 1. The molecule has 4 aromatic rings. The maximum Gasteiger partial charge on any atom is 0.224 e. The molecule has 0 unspecified atom stereocenters. The van der Waals surface area contributed by atoms with Gasteiger partial charge in [-0.05, 0) is 48.4 Å². The molecule has 0 atom stereocenters. The van der Waals surface area contributed by atoms with E-state index in [-0.39, 0.29) is 5.91 Å². The molecule has 0 aliphatic heterocycles. The molecule has 3 aromatic carbocycles. The summed E-state index contributed by atoms with van der Waals surface area (Å²) in [6.07, 6.45) is 1.90. The van der Waals surface area contributed by atoms with Crippen molar-refractivity contribution in [1.82, 2.24) is 14.9 Å². The Morgan fingerprint density at radius 2 is 1.66 bits per heavy atom.